The van der Waals surface area contributed by atoms with Gasteiger partial charge < -0.3 is 10.2 Å². The van der Waals surface area contributed by atoms with Crippen molar-refractivity contribution in [1.29, 1.82) is 0 Å². The third-order valence-electron chi connectivity index (χ3n) is 2.47. The van der Waals surface area contributed by atoms with Crippen LogP contribution < -0.4 is 5.32 Å². The minimum Gasteiger partial charge on any atom is -0.343 e. The summed E-state index contributed by atoms with van der Waals surface area (Å²) in [5, 5.41) is 3.30. The van der Waals surface area contributed by atoms with Crippen LogP contribution in [0.3, 0.4) is 0 Å². The molecule has 70 valence electrons. The fourth-order valence-corrected chi connectivity index (χ4v) is 1.66. The summed E-state index contributed by atoms with van der Waals surface area (Å²) in [6, 6.07) is 0. The molecule has 0 aliphatic carbocycles. The highest BCUT2D eigenvalue weighted by molar-refractivity contribution is 5.73. The molecule has 0 radical (unpaired) electrons. The number of nitrogens with zero attached hydrogens (tertiary/aromatic N) is 1. The Morgan fingerprint density at radius 3 is 2.83 bits per heavy atom. The first-order chi connectivity index (χ1) is 5.74. The van der Waals surface area contributed by atoms with Crippen molar-refractivity contribution in [1.82, 2.24) is 10.2 Å². The van der Waals surface area contributed by atoms with E-state index in [0.29, 0.717) is 5.92 Å². The van der Waals surface area contributed by atoms with Crippen LogP contribution in [0, 0.1) is 5.92 Å². The van der Waals surface area contributed by atoms with E-state index in [2.05, 4.69) is 5.32 Å². The maximum Gasteiger partial charge on any atom is 0.219 e. The van der Waals surface area contributed by atoms with Crippen molar-refractivity contribution in [3.63, 3.8) is 0 Å². The zero-order valence-electron chi connectivity index (χ0n) is 7.97. The predicted octanol–water partition coefficient (Wildman–Crippen LogP) is 0.464. The summed E-state index contributed by atoms with van der Waals surface area (Å²) in [4.78, 5) is 13.0. The minimum atomic E-state index is 0.199. The molecule has 1 saturated heterocycles. The van der Waals surface area contributed by atoms with Gasteiger partial charge in [0, 0.05) is 20.0 Å². The molecule has 1 rings (SSSR count). The number of carbonyl (C=O) groups is 1. The quantitative estimate of drug-likeness (QED) is 0.667. The molecule has 0 aromatic heterocycles. The fourth-order valence-electron chi connectivity index (χ4n) is 1.66. The van der Waals surface area contributed by atoms with Crippen molar-refractivity contribution in [3.8, 4) is 0 Å². The Morgan fingerprint density at radius 1 is 1.67 bits per heavy atom. The summed E-state index contributed by atoms with van der Waals surface area (Å²) in [6.07, 6.45) is 1.21. The molecule has 0 spiro atoms. The van der Waals surface area contributed by atoms with Crippen LogP contribution in [0.5, 0.6) is 0 Å². The number of carbonyl (C=O) groups excluding carboxylic acids is 1. The fraction of sp³-hybridized carbons (Fsp3) is 0.889. The summed E-state index contributed by atoms with van der Waals surface area (Å²) in [6.45, 7) is 7.63. The number of rotatable bonds is 3. The largest absolute Gasteiger partial charge is 0.343 e. The molecule has 1 fully saturated rings. The van der Waals surface area contributed by atoms with Gasteiger partial charge in [0.2, 0.25) is 5.91 Å². The molecule has 0 saturated carbocycles. The molecule has 1 amide bonds. The Labute approximate surface area is 74.1 Å². The topological polar surface area (TPSA) is 32.3 Å². The predicted molar refractivity (Wildman–Crippen MR) is 48.9 cm³/mol. The van der Waals surface area contributed by atoms with Crippen molar-refractivity contribution in [2.45, 2.75) is 20.3 Å². The second kappa shape index (κ2) is 4.45. The molecule has 1 aliphatic heterocycles. The van der Waals surface area contributed by atoms with Gasteiger partial charge in [-0.15, -0.1) is 0 Å². The van der Waals surface area contributed by atoms with Gasteiger partial charge >= 0.3 is 0 Å². The Bertz CT molecular complexity index is 153. The van der Waals surface area contributed by atoms with Gasteiger partial charge in [-0.2, -0.15) is 0 Å². The third-order valence-corrected chi connectivity index (χ3v) is 2.47. The van der Waals surface area contributed by atoms with Crippen LogP contribution in [0.4, 0.5) is 0 Å². The normalized spacial score (nSPS) is 22.7. The molecule has 3 heteroatoms. The van der Waals surface area contributed by atoms with E-state index in [1.54, 1.807) is 6.92 Å². The van der Waals surface area contributed by atoms with E-state index in [9.17, 15) is 4.79 Å². The smallest absolute Gasteiger partial charge is 0.219 e. The highest BCUT2D eigenvalue weighted by Gasteiger charge is 2.18. The van der Waals surface area contributed by atoms with Crippen LogP contribution >= 0.6 is 0 Å². The molecule has 0 aromatic rings. The molecular formula is C9H18N2O. The highest BCUT2D eigenvalue weighted by atomic mass is 16.2. The summed E-state index contributed by atoms with van der Waals surface area (Å²) >= 11 is 0. The first-order valence-corrected chi connectivity index (χ1v) is 4.70. The Hall–Kier alpha value is -0.570. The van der Waals surface area contributed by atoms with E-state index < -0.39 is 0 Å². The molecule has 0 unspecified atom stereocenters. The van der Waals surface area contributed by atoms with Crippen molar-refractivity contribution >= 4 is 5.91 Å². The molecule has 1 heterocycles. The van der Waals surface area contributed by atoms with Gasteiger partial charge in [0.05, 0.1) is 0 Å². The van der Waals surface area contributed by atoms with E-state index >= 15 is 0 Å². The van der Waals surface area contributed by atoms with Crippen LogP contribution in [0.15, 0.2) is 0 Å². The molecule has 0 aromatic carbocycles. The number of nitrogens with one attached hydrogen (secondary N) is 1. The maximum absolute atomic E-state index is 11.1. The van der Waals surface area contributed by atoms with Crippen molar-refractivity contribution in [2.75, 3.05) is 26.2 Å². The molecule has 3 nitrogen and oxygen atoms in total. The zero-order chi connectivity index (χ0) is 8.97. The van der Waals surface area contributed by atoms with Crippen molar-refractivity contribution < 1.29 is 4.79 Å². The lowest BCUT2D eigenvalue weighted by Gasteiger charge is -2.22. The van der Waals surface area contributed by atoms with Crippen LogP contribution in [0.2, 0.25) is 0 Å². The van der Waals surface area contributed by atoms with Gasteiger partial charge in [-0.05, 0) is 32.4 Å². The summed E-state index contributed by atoms with van der Waals surface area (Å²) in [5.74, 6) is 0.873. The number of hydrogen-bond acceptors (Lipinski definition) is 2. The second-order valence-electron chi connectivity index (χ2n) is 3.42. The Balaban J connectivity index is 2.30. The second-order valence-corrected chi connectivity index (χ2v) is 3.42. The lowest BCUT2D eigenvalue weighted by atomic mass is 10.1. The van der Waals surface area contributed by atoms with Crippen LogP contribution in [-0.2, 0) is 4.79 Å². The molecule has 1 aliphatic rings. The summed E-state index contributed by atoms with van der Waals surface area (Å²) in [5.41, 5.74) is 0. The van der Waals surface area contributed by atoms with Crippen LogP contribution in [-0.4, -0.2) is 37.0 Å². The van der Waals surface area contributed by atoms with E-state index in [1.165, 1.54) is 6.42 Å². The van der Waals surface area contributed by atoms with Crippen LogP contribution in [0.25, 0.3) is 0 Å². The van der Waals surface area contributed by atoms with Crippen molar-refractivity contribution in [3.05, 3.63) is 0 Å². The monoisotopic (exact) mass is 170 g/mol. The Morgan fingerprint density at radius 2 is 2.42 bits per heavy atom. The summed E-state index contributed by atoms with van der Waals surface area (Å²) in [7, 11) is 0. The third kappa shape index (κ3) is 2.48. The average Bonchev–Trinajstić information content (AvgIpc) is 2.51. The highest BCUT2D eigenvalue weighted by Crippen LogP contribution is 2.09. The number of hydrogen-bond donors (Lipinski definition) is 1. The first-order valence-electron chi connectivity index (χ1n) is 4.70. The zero-order valence-corrected chi connectivity index (χ0v) is 7.97. The van der Waals surface area contributed by atoms with Gasteiger partial charge in [-0.1, -0.05) is 0 Å². The minimum absolute atomic E-state index is 0.199. The lowest BCUT2D eigenvalue weighted by molar-refractivity contribution is -0.129. The lowest BCUT2D eigenvalue weighted by Crippen LogP contribution is -2.34. The average molecular weight is 170 g/mol. The van der Waals surface area contributed by atoms with Gasteiger partial charge in [-0.3, -0.25) is 4.79 Å². The SMILES string of the molecule is CCN(C[C@@H]1CCNC1)C(C)=O. The van der Waals surface area contributed by atoms with E-state index in [1.807, 2.05) is 11.8 Å². The van der Waals surface area contributed by atoms with E-state index in [-0.39, 0.29) is 5.91 Å². The van der Waals surface area contributed by atoms with Gasteiger partial charge in [-0.25, -0.2) is 0 Å². The molecule has 1 N–H and O–H groups in total. The van der Waals surface area contributed by atoms with Gasteiger partial charge in [0.25, 0.3) is 0 Å². The molecule has 12 heavy (non-hydrogen) atoms. The maximum atomic E-state index is 11.1. The molecule has 0 bridgehead atoms. The first kappa shape index (κ1) is 9.52. The van der Waals surface area contributed by atoms with E-state index in [4.69, 9.17) is 0 Å². The standard InChI is InChI=1S/C9H18N2O/c1-3-11(8(2)12)7-9-4-5-10-6-9/h9-10H,3-7H2,1-2H3/t9-/m1/s1. The molecular weight excluding hydrogens is 152 g/mol. The summed E-state index contributed by atoms with van der Waals surface area (Å²) < 4.78 is 0. The molecule has 1 atom stereocenters. The Kier molecular flexibility index (Phi) is 3.53. The van der Waals surface area contributed by atoms with E-state index in [0.717, 1.165) is 26.2 Å². The van der Waals surface area contributed by atoms with Crippen LogP contribution in [0.1, 0.15) is 20.3 Å². The van der Waals surface area contributed by atoms with Gasteiger partial charge in [0.15, 0.2) is 0 Å². The van der Waals surface area contributed by atoms with Gasteiger partial charge in [0.1, 0.15) is 0 Å². The van der Waals surface area contributed by atoms with Crippen molar-refractivity contribution in [2.24, 2.45) is 5.92 Å². The number of amides is 1.